The van der Waals surface area contributed by atoms with Crippen LogP contribution in [0.25, 0.3) is 0 Å². The monoisotopic (exact) mass is 406 g/mol. The van der Waals surface area contributed by atoms with Gasteiger partial charge in [0.05, 0.1) is 24.3 Å². The zero-order valence-electron chi connectivity index (χ0n) is 14.2. The van der Waals surface area contributed by atoms with Crippen molar-refractivity contribution in [1.29, 1.82) is 0 Å². The smallest absolute Gasteiger partial charge is 0.254 e. The van der Waals surface area contributed by atoms with Crippen molar-refractivity contribution < 1.29 is 13.9 Å². The molecule has 2 aromatic rings. The summed E-state index contributed by atoms with van der Waals surface area (Å²) in [5, 5.41) is 0. The number of ether oxygens (including phenoxy) is 1. The van der Waals surface area contributed by atoms with Crippen molar-refractivity contribution in [2.75, 3.05) is 31.6 Å². The molecule has 0 saturated heterocycles. The third kappa shape index (κ3) is 3.79. The third-order valence-corrected chi connectivity index (χ3v) is 4.95. The number of hydrogen-bond donors (Lipinski definition) is 0. The Bertz CT molecular complexity index is 784. The molecule has 25 heavy (non-hydrogen) atoms. The van der Waals surface area contributed by atoms with E-state index in [4.69, 9.17) is 4.74 Å². The maximum atomic E-state index is 13.2. The molecule has 1 heterocycles. The predicted octanol–water partition coefficient (Wildman–Crippen LogP) is 3.95. The summed E-state index contributed by atoms with van der Waals surface area (Å²) < 4.78 is 19.7. The number of para-hydroxylation sites is 2. The number of nitrogens with zero attached hydrogens (tertiary/aromatic N) is 2. The summed E-state index contributed by atoms with van der Waals surface area (Å²) in [5.74, 6) is 0.290. The fourth-order valence-electron chi connectivity index (χ4n) is 3.03. The summed E-state index contributed by atoms with van der Waals surface area (Å²) in [4.78, 5) is 16.5. The Morgan fingerprint density at radius 1 is 1.36 bits per heavy atom. The molecule has 0 aliphatic carbocycles. The molecule has 0 aromatic heterocycles. The quantitative estimate of drug-likeness (QED) is 0.770. The SMILES string of the molecule is CCN1C[C@H](CN(C)C(=O)c2ccc(F)cc2Br)Oc2ccccc21. The molecule has 132 valence electrons. The number of hydrogen-bond acceptors (Lipinski definition) is 3. The van der Waals surface area contributed by atoms with Crippen molar-refractivity contribution in [3.63, 3.8) is 0 Å². The largest absolute Gasteiger partial charge is 0.485 e. The van der Waals surface area contributed by atoms with E-state index in [9.17, 15) is 9.18 Å². The fraction of sp³-hybridized carbons (Fsp3) is 0.316. The Hall–Kier alpha value is -2.08. The van der Waals surface area contributed by atoms with Gasteiger partial charge in [-0.15, -0.1) is 0 Å². The van der Waals surface area contributed by atoms with Gasteiger partial charge >= 0.3 is 0 Å². The molecule has 0 bridgehead atoms. The minimum Gasteiger partial charge on any atom is -0.485 e. The Morgan fingerprint density at radius 2 is 2.12 bits per heavy atom. The summed E-state index contributed by atoms with van der Waals surface area (Å²) in [5.41, 5.74) is 1.52. The van der Waals surface area contributed by atoms with Crippen molar-refractivity contribution in [2.45, 2.75) is 13.0 Å². The molecule has 3 rings (SSSR count). The lowest BCUT2D eigenvalue weighted by atomic mass is 10.1. The van der Waals surface area contributed by atoms with Crippen LogP contribution in [0, 0.1) is 5.82 Å². The van der Waals surface area contributed by atoms with Gasteiger partial charge in [0.25, 0.3) is 5.91 Å². The Morgan fingerprint density at radius 3 is 2.84 bits per heavy atom. The standard InChI is InChI=1S/C19H20BrFN2O2/c1-3-23-12-14(25-18-7-5-4-6-17(18)23)11-22(2)19(24)15-9-8-13(21)10-16(15)20/h4-10,14H,3,11-12H2,1-2H3/t14-/m0/s1. The zero-order chi connectivity index (χ0) is 18.0. The minimum atomic E-state index is -0.378. The van der Waals surface area contributed by atoms with E-state index in [0.717, 1.165) is 24.5 Å². The number of amides is 1. The number of anilines is 1. The van der Waals surface area contributed by atoms with E-state index in [-0.39, 0.29) is 17.8 Å². The molecule has 0 spiro atoms. The van der Waals surface area contributed by atoms with Crippen molar-refractivity contribution in [2.24, 2.45) is 0 Å². The van der Waals surface area contributed by atoms with E-state index in [0.29, 0.717) is 16.6 Å². The highest BCUT2D eigenvalue weighted by molar-refractivity contribution is 9.10. The molecule has 4 nitrogen and oxygen atoms in total. The molecular formula is C19H20BrFN2O2. The average molecular weight is 407 g/mol. The summed E-state index contributed by atoms with van der Waals surface area (Å²) in [7, 11) is 1.73. The zero-order valence-corrected chi connectivity index (χ0v) is 15.8. The number of benzene rings is 2. The van der Waals surface area contributed by atoms with Crippen molar-refractivity contribution in [3.05, 3.63) is 58.3 Å². The van der Waals surface area contributed by atoms with E-state index in [2.05, 4.69) is 27.8 Å². The van der Waals surface area contributed by atoms with E-state index >= 15 is 0 Å². The number of likely N-dealkylation sites (N-methyl/N-ethyl adjacent to an activating group) is 2. The lowest BCUT2D eigenvalue weighted by Crippen LogP contribution is -2.46. The molecule has 0 saturated carbocycles. The van der Waals surface area contributed by atoms with Crippen LogP contribution in [0.5, 0.6) is 5.75 Å². The minimum absolute atomic E-state index is 0.122. The van der Waals surface area contributed by atoms with Crippen LogP contribution in [0.1, 0.15) is 17.3 Å². The Labute approximate surface area is 155 Å². The van der Waals surface area contributed by atoms with Gasteiger partial charge in [-0.05, 0) is 53.2 Å². The second-order valence-electron chi connectivity index (χ2n) is 6.06. The number of halogens is 2. The molecule has 0 N–H and O–H groups in total. The molecule has 0 radical (unpaired) electrons. The summed E-state index contributed by atoms with van der Waals surface area (Å²) in [6.07, 6.45) is -0.122. The number of carbonyl (C=O) groups is 1. The molecule has 1 atom stereocenters. The first-order valence-electron chi connectivity index (χ1n) is 8.20. The first kappa shape index (κ1) is 17.7. The van der Waals surface area contributed by atoms with Crippen LogP contribution < -0.4 is 9.64 Å². The van der Waals surface area contributed by atoms with Crippen molar-refractivity contribution in [1.82, 2.24) is 4.90 Å². The van der Waals surface area contributed by atoms with Crippen LogP contribution in [0.15, 0.2) is 46.9 Å². The number of rotatable bonds is 4. The molecule has 1 amide bonds. The Kier molecular flexibility index (Phi) is 5.27. The van der Waals surface area contributed by atoms with Gasteiger partial charge in [-0.3, -0.25) is 4.79 Å². The summed E-state index contributed by atoms with van der Waals surface area (Å²) in [6, 6.07) is 12.0. The second kappa shape index (κ2) is 7.44. The van der Waals surface area contributed by atoms with Gasteiger partial charge in [-0.1, -0.05) is 12.1 Å². The predicted molar refractivity (Wildman–Crippen MR) is 99.8 cm³/mol. The van der Waals surface area contributed by atoms with Gasteiger partial charge in [-0.2, -0.15) is 0 Å². The fourth-order valence-corrected chi connectivity index (χ4v) is 3.55. The van der Waals surface area contributed by atoms with Crippen molar-refractivity contribution in [3.8, 4) is 5.75 Å². The van der Waals surface area contributed by atoms with Crippen molar-refractivity contribution >= 4 is 27.5 Å². The molecule has 1 aliphatic heterocycles. The van der Waals surface area contributed by atoms with Crippen LogP contribution in [-0.4, -0.2) is 43.6 Å². The first-order chi connectivity index (χ1) is 12.0. The second-order valence-corrected chi connectivity index (χ2v) is 6.91. The molecule has 1 aliphatic rings. The highest BCUT2D eigenvalue weighted by Gasteiger charge is 2.27. The summed E-state index contributed by atoms with van der Waals surface area (Å²) >= 11 is 3.26. The maximum absolute atomic E-state index is 13.2. The lowest BCUT2D eigenvalue weighted by molar-refractivity contribution is 0.0708. The van der Waals surface area contributed by atoms with Crippen LogP contribution in [0.4, 0.5) is 10.1 Å². The molecule has 2 aromatic carbocycles. The molecule has 0 fully saturated rings. The van der Waals surface area contributed by atoms with Gasteiger partial charge in [0.1, 0.15) is 17.7 Å². The van der Waals surface area contributed by atoms with Crippen LogP contribution >= 0.6 is 15.9 Å². The Balaban J connectivity index is 1.73. The third-order valence-electron chi connectivity index (χ3n) is 4.29. The lowest BCUT2D eigenvalue weighted by Gasteiger charge is -2.37. The topological polar surface area (TPSA) is 32.8 Å². The van der Waals surface area contributed by atoms with Gasteiger partial charge in [0.15, 0.2) is 0 Å². The van der Waals surface area contributed by atoms with Gasteiger partial charge in [-0.25, -0.2) is 4.39 Å². The molecular weight excluding hydrogens is 387 g/mol. The summed E-state index contributed by atoms with van der Waals surface area (Å²) in [6.45, 7) is 4.14. The molecule has 0 unspecified atom stereocenters. The van der Waals surface area contributed by atoms with Crippen LogP contribution in [0.3, 0.4) is 0 Å². The van der Waals surface area contributed by atoms with E-state index in [1.807, 2.05) is 24.3 Å². The normalized spacial score (nSPS) is 16.2. The van der Waals surface area contributed by atoms with E-state index < -0.39 is 0 Å². The highest BCUT2D eigenvalue weighted by Crippen LogP contribution is 2.33. The highest BCUT2D eigenvalue weighted by atomic mass is 79.9. The van der Waals surface area contributed by atoms with Crippen LogP contribution in [0.2, 0.25) is 0 Å². The number of fused-ring (bicyclic) bond motifs is 1. The van der Waals surface area contributed by atoms with E-state index in [1.54, 1.807) is 11.9 Å². The van der Waals surface area contributed by atoms with Gasteiger partial charge in [0, 0.05) is 18.1 Å². The van der Waals surface area contributed by atoms with E-state index in [1.165, 1.54) is 18.2 Å². The maximum Gasteiger partial charge on any atom is 0.254 e. The van der Waals surface area contributed by atoms with Crippen LogP contribution in [-0.2, 0) is 0 Å². The average Bonchev–Trinajstić information content (AvgIpc) is 2.60. The first-order valence-corrected chi connectivity index (χ1v) is 9.00. The van der Waals surface area contributed by atoms with Gasteiger partial charge in [0.2, 0.25) is 0 Å². The number of carbonyl (C=O) groups excluding carboxylic acids is 1. The van der Waals surface area contributed by atoms with Gasteiger partial charge < -0.3 is 14.5 Å². The molecule has 6 heteroatoms.